The zero-order valence-corrected chi connectivity index (χ0v) is 17.7. The number of aromatic nitrogens is 4. The average Bonchev–Trinajstić information content (AvgIpc) is 3.35. The monoisotopic (exact) mass is 421 g/mol. The van der Waals surface area contributed by atoms with Gasteiger partial charge in [-0.05, 0) is 48.9 Å². The third kappa shape index (κ3) is 4.96. The summed E-state index contributed by atoms with van der Waals surface area (Å²) in [5, 5.41) is 6.90. The molecule has 2 aromatic carbocycles. The molecule has 0 aliphatic rings. The van der Waals surface area contributed by atoms with Crippen LogP contribution in [0.25, 0.3) is 22.4 Å². The van der Waals surface area contributed by atoms with E-state index in [9.17, 15) is 9.18 Å². The first-order chi connectivity index (χ1) is 14.8. The largest absolute Gasteiger partial charge is 0.339 e. The number of halogens is 1. The van der Waals surface area contributed by atoms with Gasteiger partial charge in [0, 0.05) is 29.5 Å². The summed E-state index contributed by atoms with van der Waals surface area (Å²) >= 11 is 0. The topological polar surface area (TPSA) is 96.7 Å². The summed E-state index contributed by atoms with van der Waals surface area (Å²) in [6.07, 6.45) is 1.50. The Balaban J connectivity index is 1.35. The minimum absolute atomic E-state index is 0.0896. The van der Waals surface area contributed by atoms with Crippen LogP contribution in [0.3, 0.4) is 0 Å². The number of carbonyl (C=O) groups excluding carboxylic acids is 1. The summed E-state index contributed by atoms with van der Waals surface area (Å²) in [5.41, 5.74) is 2.86. The molecule has 0 bridgehead atoms. The molecule has 4 aromatic rings. The molecule has 0 spiro atoms. The number of aromatic amines is 1. The molecule has 31 heavy (non-hydrogen) atoms. The number of carbonyl (C=O) groups is 1. The molecule has 2 aromatic heterocycles. The Kier molecular flexibility index (Phi) is 5.54. The number of fused-ring (bicyclic) bond motifs is 1. The van der Waals surface area contributed by atoms with E-state index < -0.39 is 0 Å². The van der Waals surface area contributed by atoms with Crippen LogP contribution < -0.4 is 5.32 Å². The number of hydrogen-bond donors (Lipinski definition) is 2. The number of anilines is 1. The number of imidazole rings is 1. The quantitative estimate of drug-likeness (QED) is 0.456. The predicted molar refractivity (Wildman–Crippen MR) is 116 cm³/mol. The fraction of sp³-hybridized carbons (Fsp3) is 0.304. The van der Waals surface area contributed by atoms with Crippen LogP contribution in [0.5, 0.6) is 0 Å². The van der Waals surface area contributed by atoms with Crippen molar-refractivity contribution in [2.24, 2.45) is 0 Å². The molecule has 0 saturated carbocycles. The lowest BCUT2D eigenvalue weighted by molar-refractivity contribution is -0.116. The molecule has 2 N–H and O–H groups in total. The number of amides is 1. The predicted octanol–water partition coefficient (Wildman–Crippen LogP) is 5.01. The summed E-state index contributed by atoms with van der Waals surface area (Å²) < 4.78 is 18.4. The van der Waals surface area contributed by atoms with E-state index >= 15 is 0 Å². The van der Waals surface area contributed by atoms with E-state index in [2.05, 4.69) is 25.4 Å². The van der Waals surface area contributed by atoms with Gasteiger partial charge in [0.05, 0.1) is 11.0 Å². The molecular formula is C23H24FN5O2. The first kappa shape index (κ1) is 20.7. The smallest absolute Gasteiger partial charge is 0.226 e. The molecule has 0 unspecified atom stereocenters. The molecule has 0 fully saturated rings. The van der Waals surface area contributed by atoms with Gasteiger partial charge >= 0.3 is 0 Å². The van der Waals surface area contributed by atoms with Crippen LogP contribution in [-0.4, -0.2) is 26.0 Å². The lowest BCUT2D eigenvalue weighted by atomic mass is 9.96. The van der Waals surface area contributed by atoms with Crippen LogP contribution in [0.4, 0.5) is 10.1 Å². The summed E-state index contributed by atoms with van der Waals surface area (Å²) in [7, 11) is 0. The Morgan fingerprint density at radius 2 is 1.90 bits per heavy atom. The van der Waals surface area contributed by atoms with Crippen LogP contribution in [0.15, 0.2) is 47.0 Å². The summed E-state index contributed by atoms with van der Waals surface area (Å²) in [6.45, 7) is 6.07. The van der Waals surface area contributed by atoms with Gasteiger partial charge in [-0.1, -0.05) is 25.9 Å². The van der Waals surface area contributed by atoms with Crippen molar-refractivity contribution in [3.63, 3.8) is 0 Å². The van der Waals surface area contributed by atoms with Crippen LogP contribution in [0.1, 0.15) is 45.3 Å². The van der Waals surface area contributed by atoms with Crippen molar-refractivity contribution in [1.82, 2.24) is 20.1 Å². The van der Waals surface area contributed by atoms with E-state index in [1.807, 2.05) is 39.0 Å². The van der Waals surface area contributed by atoms with E-state index in [4.69, 9.17) is 4.52 Å². The van der Waals surface area contributed by atoms with Gasteiger partial charge in [-0.2, -0.15) is 4.98 Å². The van der Waals surface area contributed by atoms with Gasteiger partial charge in [-0.3, -0.25) is 4.79 Å². The Labute approximate surface area is 179 Å². The van der Waals surface area contributed by atoms with Crippen molar-refractivity contribution < 1.29 is 13.7 Å². The van der Waals surface area contributed by atoms with Gasteiger partial charge in [0.15, 0.2) is 5.82 Å². The van der Waals surface area contributed by atoms with Gasteiger partial charge in [0.1, 0.15) is 11.6 Å². The zero-order valence-electron chi connectivity index (χ0n) is 17.7. The molecule has 0 atom stereocenters. The summed E-state index contributed by atoms with van der Waals surface area (Å²) in [5.74, 6) is 1.48. The zero-order chi connectivity index (χ0) is 22.0. The maximum absolute atomic E-state index is 13.1. The second-order valence-electron chi connectivity index (χ2n) is 8.49. The van der Waals surface area contributed by atoms with Crippen LogP contribution in [-0.2, 0) is 16.6 Å². The van der Waals surface area contributed by atoms with Gasteiger partial charge < -0.3 is 14.8 Å². The van der Waals surface area contributed by atoms with Crippen LogP contribution in [0.2, 0.25) is 0 Å². The minimum atomic E-state index is -0.293. The Hall–Kier alpha value is -3.55. The molecule has 160 valence electrons. The van der Waals surface area contributed by atoms with E-state index in [0.29, 0.717) is 42.5 Å². The second kappa shape index (κ2) is 8.29. The Morgan fingerprint density at radius 3 is 2.61 bits per heavy atom. The molecule has 0 radical (unpaired) electrons. The normalized spacial score (nSPS) is 11.7. The highest BCUT2D eigenvalue weighted by molar-refractivity contribution is 5.93. The number of aryl methyl sites for hydroxylation is 1. The average molecular weight is 421 g/mol. The Bertz CT molecular complexity index is 1200. The fourth-order valence-electron chi connectivity index (χ4n) is 3.12. The fourth-order valence-corrected chi connectivity index (χ4v) is 3.12. The lowest BCUT2D eigenvalue weighted by Crippen LogP contribution is -2.13. The molecule has 2 heterocycles. The van der Waals surface area contributed by atoms with Crippen molar-refractivity contribution >= 4 is 22.6 Å². The van der Waals surface area contributed by atoms with Gasteiger partial charge in [0.25, 0.3) is 0 Å². The van der Waals surface area contributed by atoms with Gasteiger partial charge in [-0.25, -0.2) is 9.37 Å². The maximum Gasteiger partial charge on any atom is 0.226 e. The molecule has 0 aliphatic carbocycles. The number of rotatable bonds is 6. The van der Waals surface area contributed by atoms with E-state index in [1.165, 1.54) is 12.1 Å². The number of nitrogens with one attached hydrogen (secondary N) is 2. The van der Waals surface area contributed by atoms with Gasteiger partial charge in [0.2, 0.25) is 11.8 Å². The molecule has 4 rings (SSSR count). The number of hydrogen-bond acceptors (Lipinski definition) is 5. The molecule has 7 nitrogen and oxygen atoms in total. The van der Waals surface area contributed by atoms with Crippen molar-refractivity contribution in [2.75, 3.05) is 5.32 Å². The standard InChI is InChI=1S/C23H24FN5O2/c1-23(2,3)22-28-20(31-29-22)6-4-5-19(30)25-16-11-12-17-18(13-16)27-21(26-17)14-7-9-15(24)10-8-14/h7-13H,4-6H2,1-3H3,(H,25,30)(H,26,27). The second-order valence-corrected chi connectivity index (χ2v) is 8.49. The summed E-state index contributed by atoms with van der Waals surface area (Å²) in [6, 6.07) is 11.6. The minimum Gasteiger partial charge on any atom is -0.339 e. The highest BCUT2D eigenvalue weighted by atomic mass is 19.1. The van der Waals surface area contributed by atoms with Crippen molar-refractivity contribution in [2.45, 2.75) is 45.4 Å². The number of nitrogens with zero attached hydrogens (tertiary/aromatic N) is 3. The maximum atomic E-state index is 13.1. The SMILES string of the molecule is CC(C)(C)c1noc(CCCC(=O)Nc2ccc3nc(-c4ccc(F)cc4)[nH]c3c2)n1. The Morgan fingerprint density at radius 1 is 1.13 bits per heavy atom. The lowest BCUT2D eigenvalue weighted by Gasteiger charge is -2.10. The first-order valence-corrected chi connectivity index (χ1v) is 10.2. The van der Waals surface area contributed by atoms with Crippen LogP contribution in [0, 0.1) is 5.82 Å². The molecular weight excluding hydrogens is 397 g/mol. The molecule has 0 saturated heterocycles. The highest BCUT2D eigenvalue weighted by Crippen LogP contribution is 2.23. The third-order valence-corrected chi connectivity index (χ3v) is 4.82. The number of benzene rings is 2. The summed E-state index contributed by atoms with van der Waals surface area (Å²) in [4.78, 5) is 24.4. The van der Waals surface area contributed by atoms with Crippen LogP contribution >= 0.6 is 0 Å². The number of H-pyrrole nitrogens is 1. The third-order valence-electron chi connectivity index (χ3n) is 4.82. The van der Waals surface area contributed by atoms with E-state index in [1.54, 1.807) is 12.1 Å². The molecule has 1 amide bonds. The highest BCUT2D eigenvalue weighted by Gasteiger charge is 2.20. The van der Waals surface area contributed by atoms with Gasteiger partial charge in [-0.15, -0.1) is 0 Å². The van der Waals surface area contributed by atoms with Crippen molar-refractivity contribution in [1.29, 1.82) is 0 Å². The van der Waals surface area contributed by atoms with Crippen molar-refractivity contribution in [3.05, 3.63) is 60.0 Å². The molecule has 8 heteroatoms. The first-order valence-electron chi connectivity index (χ1n) is 10.2. The molecule has 0 aliphatic heterocycles. The van der Waals surface area contributed by atoms with E-state index in [-0.39, 0.29) is 17.1 Å². The van der Waals surface area contributed by atoms with E-state index in [0.717, 1.165) is 16.6 Å². The van der Waals surface area contributed by atoms with Crippen molar-refractivity contribution in [3.8, 4) is 11.4 Å².